The highest BCUT2D eigenvalue weighted by molar-refractivity contribution is 7.25. The number of hydrogen-bond acceptors (Lipinski definition) is 6. The number of rotatable bonds is 4. The van der Waals surface area contributed by atoms with Gasteiger partial charge in [-0.25, -0.2) is 4.98 Å². The smallest absolute Gasteiger partial charge is 0.320 e. The molecule has 2 aromatic heterocycles. The number of para-hydroxylation sites is 1. The molecule has 6 rings (SSSR count). The molecule has 0 saturated carbocycles. The number of nitrogens with zero attached hydrogens (tertiary/aromatic N) is 3. The second kappa shape index (κ2) is 8.24. The predicted octanol–water partition coefficient (Wildman–Crippen LogP) is 6.95. The van der Waals surface area contributed by atoms with Crippen LogP contribution in [0.15, 0.2) is 91.0 Å². The molecule has 0 aliphatic heterocycles. The van der Waals surface area contributed by atoms with Crippen LogP contribution in [0.4, 0.5) is 0 Å². The number of thiophene rings is 1. The van der Waals surface area contributed by atoms with Gasteiger partial charge in [-0.1, -0.05) is 66.7 Å². The molecule has 0 bridgehead atoms. The molecule has 0 aliphatic carbocycles. The van der Waals surface area contributed by atoms with E-state index < -0.39 is 0 Å². The standard InChI is InChI=1S/C28H19N3O2S/c1-33-28-30-26(29-27(31-28)22-9-5-6-10-23(22)32)19-12-14-21-20-13-11-18(17-7-3-2-4-8-17)15-24(20)34-25(21)16-19/h2-16,32H,1H3. The van der Waals surface area contributed by atoms with Crippen LogP contribution in [0, 0.1) is 0 Å². The van der Waals surface area contributed by atoms with Gasteiger partial charge in [-0.2, -0.15) is 9.97 Å². The maximum atomic E-state index is 10.3. The second-order valence-electron chi connectivity index (χ2n) is 7.88. The molecule has 5 nitrogen and oxygen atoms in total. The van der Waals surface area contributed by atoms with Gasteiger partial charge in [-0.05, 0) is 35.4 Å². The van der Waals surface area contributed by atoms with Crippen molar-refractivity contribution in [1.29, 1.82) is 0 Å². The zero-order valence-corrected chi connectivity index (χ0v) is 19.1. The molecule has 4 aromatic carbocycles. The van der Waals surface area contributed by atoms with E-state index in [4.69, 9.17) is 4.74 Å². The third-order valence-corrected chi connectivity index (χ3v) is 6.90. The third kappa shape index (κ3) is 3.54. The van der Waals surface area contributed by atoms with E-state index in [0.29, 0.717) is 17.2 Å². The Labute approximate surface area is 200 Å². The summed E-state index contributed by atoms with van der Waals surface area (Å²) in [6.07, 6.45) is 0. The largest absolute Gasteiger partial charge is 0.507 e. The van der Waals surface area contributed by atoms with Crippen molar-refractivity contribution in [3.8, 4) is 45.7 Å². The lowest BCUT2D eigenvalue weighted by molar-refractivity contribution is 0.379. The van der Waals surface area contributed by atoms with Gasteiger partial charge in [0.2, 0.25) is 0 Å². The van der Waals surface area contributed by atoms with Gasteiger partial charge in [0.15, 0.2) is 11.6 Å². The molecule has 0 spiro atoms. The molecule has 0 fully saturated rings. The monoisotopic (exact) mass is 461 g/mol. The first-order chi connectivity index (χ1) is 16.7. The topological polar surface area (TPSA) is 68.1 Å². The van der Waals surface area contributed by atoms with E-state index in [0.717, 1.165) is 10.3 Å². The summed E-state index contributed by atoms with van der Waals surface area (Å²) < 4.78 is 7.71. The third-order valence-electron chi connectivity index (χ3n) is 5.78. The van der Waals surface area contributed by atoms with E-state index in [1.54, 1.807) is 29.5 Å². The number of phenols is 1. The first-order valence-electron chi connectivity index (χ1n) is 10.8. The highest BCUT2D eigenvalue weighted by atomic mass is 32.1. The first-order valence-corrected chi connectivity index (χ1v) is 11.6. The van der Waals surface area contributed by atoms with Crippen molar-refractivity contribution >= 4 is 31.5 Å². The number of benzene rings is 4. The summed E-state index contributed by atoms with van der Waals surface area (Å²) >= 11 is 1.75. The normalized spacial score (nSPS) is 11.2. The summed E-state index contributed by atoms with van der Waals surface area (Å²) in [7, 11) is 1.52. The van der Waals surface area contributed by atoms with Crippen LogP contribution < -0.4 is 4.74 Å². The van der Waals surface area contributed by atoms with Crippen LogP contribution in [0.2, 0.25) is 0 Å². The number of methoxy groups -OCH3 is 1. The molecule has 0 aliphatic rings. The zero-order valence-electron chi connectivity index (χ0n) is 18.3. The fourth-order valence-electron chi connectivity index (χ4n) is 4.09. The van der Waals surface area contributed by atoms with Gasteiger partial charge >= 0.3 is 6.01 Å². The lowest BCUT2D eigenvalue weighted by Crippen LogP contribution is -2.00. The van der Waals surface area contributed by atoms with E-state index in [1.807, 2.05) is 18.2 Å². The van der Waals surface area contributed by atoms with Crippen LogP contribution in [-0.2, 0) is 0 Å². The van der Waals surface area contributed by atoms with Crippen LogP contribution in [-0.4, -0.2) is 27.2 Å². The van der Waals surface area contributed by atoms with Crippen molar-refractivity contribution in [2.24, 2.45) is 0 Å². The van der Waals surface area contributed by atoms with E-state index in [2.05, 4.69) is 69.5 Å². The Kier molecular flexibility index (Phi) is 4.93. The van der Waals surface area contributed by atoms with Crippen LogP contribution in [0.1, 0.15) is 0 Å². The van der Waals surface area contributed by atoms with Crippen molar-refractivity contribution < 1.29 is 9.84 Å². The summed E-state index contributed by atoms with van der Waals surface area (Å²) in [6, 6.07) is 30.4. The van der Waals surface area contributed by atoms with Crippen molar-refractivity contribution in [2.75, 3.05) is 7.11 Å². The SMILES string of the molecule is COc1nc(-c2ccc3c(c2)sc2cc(-c4ccccc4)ccc23)nc(-c2ccccc2O)n1. The van der Waals surface area contributed by atoms with Gasteiger partial charge in [0.25, 0.3) is 0 Å². The average Bonchev–Trinajstić information content (AvgIpc) is 3.26. The van der Waals surface area contributed by atoms with E-state index >= 15 is 0 Å². The summed E-state index contributed by atoms with van der Waals surface area (Å²) in [5, 5.41) is 12.7. The minimum absolute atomic E-state index is 0.107. The zero-order chi connectivity index (χ0) is 23.1. The summed E-state index contributed by atoms with van der Waals surface area (Å²) in [5.41, 5.74) is 3.80. The fourth-order valence-corrected chi connectivity index (χ4v) is 5.27. The lowest BCUT2D eigenvalue weighted by atomic mass is 10.0. The highest BCUT2D eigenvalue weighted by Gasteiger charge is 2.15. The Morgan fingerprint density at radius 2 is 1.29 bits per heavy atom. The van der Waals surface area contributed by atoms with Crippen LogP contribution >= 0.6 is 11.3 Å². The summed E-state index contributed by atoms with van der Waals surface area (Å²) in [5.74, 6) is 0.967. The minimum atomic E-state index is 0.107. The van der Waals surface area contributed by atoms with Gasteiger partial charge in [0.05, 0.1) is 12.7 Å². The molecule has 0 radical (unpaired) electrons. The second-order valence-corrected chi connectivity index (χ2v) is 8.96. The summed E-state index contributed by atoms with van der Waals surface area (Å²) in [6.45, 7) is 0. The number of fused-ring (bicyclic) bond motifs is 3. The van der Waals surface area contributed by atoms with Crippen LogP contribution in [0.5, 0.6) is 11.8 Å². The van der Waals surface area contributed by atoms with Crippen molar-refractivity contribution in [2.45, 2.75) is 0 Å². The van der Waals surface area contributed by atoms with Gasteiger partial charge in [-0.3, -0.25) is 0 Å². The molecule has 2 heterocycles. The Morgan fingerprint density at radius 3 is 2.03 bits per heavy atom. The minimum Gasteiger partial charge on any atom is -0.507 e. The Bertz CT molecular complexity index is 1660. The molecule has 0 saturated heterocycles. The molecule has 0 amide bonds. The molecule has 0 atom stereocenters. The molecular formula is C28H19N3O2S. The van der Waals surface area contributed by atoms with E-state index in [1.165, 1.54) is 33.7 Å². The lowest BCUT2D eigenvalue weighted by Gasteiger charge is -2.08. The maximum absolute atomic E-state index is 10.3. The molecule has 6 heteroatoms. The van der Waals surface area contributed by atoms with Crippen molar-refractivity contribution in [3.63, 3.8) is 0 Å². The molecule has 34 heavy (non-hydrogen) atoms. The number of ether oxygens (including phenoxy) is 1. The Balaban J connectivity index is 1.47. The number of aromatic hydroxyl groups is 1. The van der Waals surface area contributed by atoms with E-state index in [-0.39, 0.29) is 11.8 Å². The molecule has 1 N–H and O–H groups in total. The fraction of sp³-hybridized carbons (Fsp3) is 0.0357. The van der Waals surface area contributed by atoms with Crippen molar-refractivity contribution in [3.05, 3.63) is 91.0 Å². The van der Waals surface area contributed by atoms with Gasteiger partial charge in [0, 0.05) is 25.7 Å². The van der Waals surface area contributed by atoms with Gasteiger partial charge in [0.1, 0.15) is 5.75 Å². The van der Waals surface area contributed by atoms with E-state index in [9.17, 15) is 5.11 Å². The predicted molar refractivity (Wildman–Crippen MR) is 137 cm³/mol. The van der Waals surface area contributed by atoms with Gasteiger partial charge < -0.3 is 9.84 Å². The molecule has 164 valence electrons. The first kappa shape index (κ1) is 20.3. The van der Waals surface area contributed by atoms with Crippen LogP contribution in [0.25, 0.3) is 54.1 Å². The number of aromatic nitrogens is 3. The van der Waals surface area contributed by atoms with Crippen molar-refractivity contribution in [1.82, 2.24) is 15.0 Å². The molecule has 0 unspecified atom stereocenters. The Hall–Kier alpha value is -4.29. The van der Waals surface area contributed by atoms with Gasteiger partial charge in [-0.15, -0.1) is 11.3 Å². The number of phenolic OH excluding ortho intramolecular Hbond substituents is 1. The number of hydrogen-bond donors (Lipinski definition) is 1. The summed E-state index contributed by atoms with van der Waals surface area (Å²) in [4.78, 5) is 13.5. The molecular weight excluding hydrogens is 442 g/mol. The molecule has 6 aromatic rings. The quantitative estimate of drug-likeness (QED) is 0.307. The maximum Gasteiger partial charge on any atom is 0.320 e. The highest BCUT2D eigenvalue weighted by Crippen LogP contribution is 2.38. The Morgan fingerprint density at radius 1 is 0.647 bits per heavy atom. The van der Waals surface area contributed by atoms with Crippen LogP contribution in [0.3, 0.4) is 0 Å². The average molecular weight is 462 g/mol.